The molecule has 1 aliphatic heterocycles. The van der Waals surface area contributed by atoms with Crippen LogP contribution in [0.2, 0.25) is 0 Å². The summed E-state index contributed by atoms with van der Waals surface area (Å²) in [6.45, 7) is 11.0. The van der Waals surface area contributed by atoms with E-state index in [1.807, 2.05) is 6.92 Å². The maximum Gasteiger partial charge on any atom is 0.312 e. The van der Waals surface area contributed by atoms with Gasteiger partial charge in [0.1, 0.15) is 0 Å². The Kier molecular flexibility index (Phi) is 5.71. The highest BCUT2D eigenvalue weighted by Crippen LogP contribution is 2.28. The first-order chi connectivity index (χ1) is 8.81. The molecule has 19 heavy (non-hydrogen) atoms. The first kappa shape index (κ1) is 16.3. The molecule has 0 aromatic heterocycles. The minimum absolute atomic E-state index is 0.0889. The van der Waals surface area contributed by atoms with Crippen molar-refractivity contribution in [3.63, 3.8) is 0 Å². The van der Waals surface area contributed by atoms with E-state index in [9.17, 15) is 9.59 Å². The van der Waals surface area contributed by atoms with Crippen LogP contribution in [-0.4, -0.2) is 53.5 Å². The van der Waals surface area contributed by atoms with Crippen LogP contribution in [0.15, 0.2) is 0 Å². The summed E-state index contributed by atoms with van der Waals surface area (Å²) in [5, 5.41) is 0. The number of piperazine rings is 1. The van der Waals surface area contributed by atoms with Gasteiger partial charge in [-0.1, -0.05) is 27.7 Å². The average Bonchev–Trinajstić information content (AvgIpc) is 2.33. The molecule has 1 heterocycles. The first-order valence-corrected chi connectivity index (χ1v) is 7.63. The molecule has 1 rings (SSSR count). The van der Waals surface area contributed by atoms with Crippen LogP contribution < -0.4 is 0 Å². The highest BCUT2D eigenvalue weighted by Gasteiger charge is 2.35. The number of nitrogens with zero attached hydrogens (tertiary/aromatic N) is 2. The van der Waals surface area contributed by atoms with Gasteiger partial charge in [-0.3, -0.25) is 9.59 Å². The van der Waals surface area contributed by atoms with Crippen molar-refractivity contribution in [2.24, 2.45) is 11.3 Å². The van der Waals surface area contributed by atoms with Crippen LogP contribution in [0.5, 0.6) is 0 Å². The molecule has 1 fully saturated rings. The lowest BCUT2D eigenvalue weighted by molar-refractivity contribution is -0.156. The van der Waals surface area contributed by atoms with E-state index in [0.29, 0.717) is 32.1 Å². The van der Waals surface area contributed by atoms with Crippen LogP contribution >= 0.6 is 12.6 Å². The van der Waals surface area contributed by atoms with Crippen molar-refractivity contribution in [2.45, 2.75) is 34.1 Å². The maximum absolute atomic E-state index is 12.1. The lowest BCUT2D eigenvalue weighted by atomic mass is 9.81. The van der Waals surface area contributed by atoms with Crippen LogP contribution in [0.3, 0.4) is 0 Å². The molecule has 1 saturated heterocycles. The van der Waals surface area contributed by atoms with Crippen molar-refractivity contribution in [3.8, 4) is 0 Å². The molecule has 0 saturated carbocycles. The van der Waals surface area contributed by atoms with E-state index in [-0.39, 0.29) is 17.2 Å². The molecule has 0 N–H and O–H groups in total. The van der Waals surface area contributed by atoms with E-state index >= 15 is 0 Å². The van der Waals surface area contributed by atoms with Gasteiger partial charge in [-0.2, -0.15) is 12.6 Å². The normalized spacial score (nSPS) is 19.0. The highest BCUT2D eigenvalue weighted by molar-refractivity contribution is 7.80. The largest absolute Gasteiger partial charge is 0.333 e. The van der Waals surface area contributed by atoms with Gasteiger partial charge in [-0.05, 0) is 23.5 Å². The fraction of sp³-hybridized carbons (Fsp3) is 0.857. The summed E-state index contributed by atoms with van der Waals surface area (Å²) in [5.74, 6) is 0.320. The van der Waals surface area contributed by atoms with E-state index in [1.165, 1.54) is 0 Å². The lowest BCUT2D eigenvalue weighted by Crippen LogP contribution is -2.56. The summed E-state index contributed by atoms with van der Waals surface area (Å²) in [5.41, 5.74) is 0.0889. The Bertz CT molecular complexity index is 339. The summed E-state index contributed by atoms with van der Waals surface area (Å²) >= 11 is 4.38. The Hall–Kier alpha value is -0.710. The van der Waals surface area contributed by atoms with Crippen LogP contribution in [0.1, 0.15) is 34.1 Å². The van der Waals surface area contributed by atoms with Crippen molar-refractivity contribution in [1.82, 2.24) is 9.80 Å². The number of rotatable bonds is 5. The molecule has 0 spiro atoms. The minimum Gasteiger partial charge on any atom is -0.333 e. The standard InChI is InChI=1S/C14H26N2O2S/c1-5-6-15-7-8-16(13(18)12(15)17)9-11(10-19)14(2,3)4/h11,19H,5-10H2,1-4H3. The SMILES string of the molecule is CCCN1CCN(CC(CS)C(C)(C)C)C(=O)C1=O. The molecular weight excluding hydrogens is 260 g/mol. The van der Waals surface area contributed by atoms with Gasteiger partial charge in [0, 0.05) is 26.2 Å². The molecule has 0 aliphatic carbocycles. The third-order valence-electron chi connectivity index (χ3n) is 3.78. The zero-order chi connectivity index (χ0) is 14.6. The molecule has 5 heteroatoms. The van der Waals surface area contributed by atoms with Gasteiger partial charge >= 0.3 is 11.8 Å². The van der Waals surface area contributed by atoms with Crippen molar-refractivity contribution in [1.29, 1.82) is 0 Å². The molecule has 110 valence electrons. The van der Waals surface area contributed by atoms with Gasteiger partial charge in [0.05, 0.1) is 0 Å². The molecule has 1 atom stereocenters. The molecule has 1 unspecified atom stereocenters. The quantitative estimate of drug-likeness (QED) is 0.617. The minimum atomic E-state index is -0.351. The summed E-state index contributed by atoms with van der Waals surface area (Å²) < 4.78 is 0. The molecule has 0 radical (unpaired) electrons. The van der Waals surface area contributed by atoms with Crippen molar-refractivity contribution >= 4 is 24.4 Å². The van der Waals surface area contributed by atoms with E-state index in [0.717, 1.165) is 12.2 Å². The van der Waals surface area contributed by atoms with Gasteiger partial charge in [-0.15, -0.1) is 0 Å². The monoisotopic (exact) mass is 286 g/mol. The highest BCUT2D eigenvalue weighted by atomic mass is 32.1. The summed E-state index contributed by atoms with van der Waals surface area (Å²) in [4.78, 5) is 27.4. The van der Waals surface area contributed by atoms with Gasteiger partial charge < -0.3 is 9.80 Å². The van der Waals surface area contributed by atoms with E-state index in [4.69, 9.17) is 0 Å². The number of thiol groups is 1. The maximum atomic E-state index is 12.1. The smallest absolute Gasteiger partial charge is 0.312 e. The Morgan fingerprint density at radius 2 is 1.68 bits per heavy atom. The van der Waals surface area contributed by atoms with Crippen LogP contribution in [-0.2, 0) is 9.59 Å². The third kappa shape index (κ3) is 4.13. The second-order valence-electron chi connectivity index (χ2n) is 6.29. The summed E-state index contributed by atoms with van der Waals surface area (Å²) in [7, 11) is 0. The molecule has 0 aromatic carbocycles. The average molecular weight is 286 g/mol. The molecule has 4 nitrogen and oxygen atoms in total. The molecule has 0 bridgehead atoms. The number of hydrogen-bond acceptors (Lipinski definition) is 3. The first-order valence-electron chi connectivity index (χ1n) is 7.00. The van der Waals surface area contributed by atoms with Crippen LogP contribution in [0, 0.1) is 11.3 Å². The summed E-state index contributed by atoms with van der Waals surface area (Å²) in [6.07, 6.45) is 0.889. The van der Waals surface area contributed by atoms with Gasteiger partial charge in [0.15, 0.2) is 0 Å². The Labute approximate surface area is 121 Å². The van der Waals surface area contributed by atoms with Crippen molar-refractivity contribution < 1.29 is 9.59 Å². The van der Waals surface area contributed by atoms with Gasteiger partial charge in [0.2, 0.25) is 0 Å². The van der Waals surface area contributed by atoms with E-state index < -0.39 is 0 Å². The molecule has 2 amide bonds. The van der Waals surface area contributed by atoms with E-state index in [2.05, 4.69) is 33.4 Å². The Morgan fingerprint density at radius 1 is 1.16 bits per heavy atom. The number of carbonyl (C=O) groups is 2. The fourth-order valence-corrected chi connectivity index (χ4v) is 2.91. The topological polar surface area (TPSA) is 40.6 Å². The van der Waals surface area contributed by atoms with Gasteiger partial charge in [-0.25, -0.2) is 0 Å². The summed E-state index contributed by atoms with van der Waals surface area (Å²) in [6, 6.07) is 0. The van der Waals surface area contributed by atoms with Crippen molar-refractivity contribution in [3.05, 3.63) is 0 Å². The second kappa shape index (κ2) is 6.64. The number of carbonyl (C=O) groups excluding carboxylic acids is 2. The lowest BCUT2D eigenvalue weighted by Gasteiger charge is -2.38. The molecular formula is C14H26N2O2S. The third-order valence-corrected chi connectivity index (χ3v) is 4.22. The zero-order valence-electron chi connectivity index (χ0n) is 12.5. The Balaban J connectivity index is 2.67. The molecule has 1 aliphatic rings. The Morgan fingerprint density at radius 3 is 2.16 bits per heavy atom. The van der Waals surface area contributed by atoms with Crippen LogP contribution in [0.4, 0.5) is 0 Å². The predicted octanol–water partition coefficient (Wildman–Crippen LogP) is 1.66. The predicted molar refractivity (Wildman–Crippen MR) is 80.2 cm³/mol. The van der Waals surface area contributed by atoms with Crippen molar-refractivity contribution in [2.75, 3.05) is 31.9 Å². The van der Waals surface area contributed by atoms with Crippen LogP contribution in [0.25, 0.3) is 0 Å². The fourth-order valence-electron chi connectivity index (χ4n) is 2.24. The number of amides is 2. The number of hydrogen-bond donors (Lipinski definition) is 1. The van der Waals surface area contributed by atoms with Gasteiger partial charge in [0.25, 0.3) is 0 Å². The molecule has 0 aromatic rings. The van der Waals surface area contributed by atoms with E-state index in [1.54, 1.807) is 9.80 Å². The zero-order valence-corrected chi connectivity index (χ0v) is 13.4. The second-order valence-corrected chi connectivity index (χ2v) is 6.65.